The summed E-state index contributed by atoms with van der Waals surface area (Å²) in [5.41, 5.74) is 2.89. The molecule has 1 fully saturated rings. The van der Waals surface area contributed by atoms with Gasteiger partial charge in [-0.1, -0.05) is 30.3 Å². The normalized spacial score (nSPS) is 13.6. The van der Waals surface area contributed by atoms with E-state index in [0.29, 0.717) is 28.5 Å². The zero-order valence-corrected chi connectivity index (χ0v) is 13.6. The van der Waals surface area contributed by atoms with E-state index in [4.69, 9.17) is 0 Å². The number of hydrogen-bond acceptors (Lipinski definition) is 4. The number of aromatic nitrogens is 2. The van der Waals surface area contributed by atoms with Crippen LogP contribution < -0.4 is 16.2 Å². The van der Waals surface area contributed by atoms with E-state index in [2.05, 4.69) is 20.6 Å². The van der Waals surface area contributed by atoms with E-state index in [1.165, 1.54) is 0 Å². The lowest BCUT2D eigenvalue weighted by Gasteiger charge is -2.11. The van der Waals surface area contributed by atoms with Gasteiger partial charge in [0, 0.05) is 17.3 Å². The number of nitrogens with zero attached hydrogens (tertiary/aromatic N) is 1. The molecule has 1 aromatic heterocycles. The summed E-state index contributed by atoms with van der Waals surface area (Å²) in [5.74, 6) is -0.0438. The SMILES string of the molecule is O=C(CNc1ccccc1-c1nc2ccccc2[nH]c1=O)NC1CC1. The summed E-state index contributed by atoms with van der Waals surface area (Å²) in [5, 5.41) is 6.05. The molecule has 1 heterocycles. The molecule has 0 aliphatic heterocycles. The largest absolute Gasteiger partial charge is 0.376 e. The minimum absolute atomic E-state index is 0.0438. The average molecular weight is 334 g/mol. The molecule has 0 atom stereocenters. The van der Waals surface area contributed by atoms with Crippen molar-refractivity contribution in [3.63, 3.8) is 0 Å². The molecule has 6 nitrogen and oxygen atoms in total. The summed E-state index contributed by atoms with van der Waals surface area (Å²) in [7, 11) is 0. The fourth-order valence-electron chi connectivity index (χ4n) is 2.74. The van der Waals surface area contributed by atoms with E-state index in [1.54, 1.807) is 0 Å². The van der Waals surface area contributed by atoms with Gasteiger partial charge in [-0.05, 0) is 31.0 Å². The van der Waals surface area contributed by atoms with Gasteiger partial charge in [0.05, 0.1) is 17.6 Å². The first-order valence-corrected chi connectivity index (χ1v) is 8.32. The van der Waals surface area contributed by atoms with E-state index < -0.39 is 0 Å². The molecule has 0 unspecified atom stereocenters. The molecule has 3 N–H and O–H groups in total. The number of rotatable bonds is 5. The molecule has 1 aliphatic carbocycles. The van der Waals surface area contributed by atoms with Crippen molar-refractivity contribution >= 4 is 22.6 Å². The van der Waals surface area contributed by atoms with E-state index in [0.717, 1.165) is 18.4 Å². The lowest BCUT2D eigenvalue weighted by Crippen LogP contribution is -2.31. The lowest BCUT2D eigenvalue weighted by molar-refractivity contribution is -0.119. The van der Waals surface area contributed by atoms with E-state index in [9.17, 15) is 9.59 Å². The fourth-order valence-corrected chi connectivity index (χ4v) is 2.74. The Morgan fingerprint density at radius 3 is 2.72 bits per heavy atom. The Morgan fingerprint density at radius 2 is 1.88 bits per heavy atom. The van der Waals surface area contributed by atoms with Gasteiger partial charge in [0.15, 0.2) is 0 Å². The first-order chi connectivity index (χ1) is 12.2. The quantitative estimate of drug-likeness (QED) is 0.668. The minimum atomic E-state index is -0.254. The monoisotopic (exact) mass is 334 g/mol. The standard InChI is InChI=1S/C19H18N4O2/c24-17(21-12-9-10-12)11-20-14-6-2-1-5-13(14)18-19(25)23-16-8-4-3-7-15(16)22-18/h1-8,12,20H,9-11H2,(H,21,24)(H,23,25). The third-order valence-corrected chi connectivity index (χ3v) is 4.16. The number of benzene rings is 2. The molecule has 0 bridgehead atoms. The summed E-state index contributed by atoms with van der Waals surface area (Å²) < 4.78 is 0. The molecule has 25 heavy (non-hydrogen) atoms. The summed E-state index contributed by atoms with van der Waals surface area (Å²) in [4.78, 5) is 31.7. The van der Waals surface area contributed by atoms with E-state index in [-0.39, 0.29) is 18.0 Å². The maximum absolute atomic E-state index is 12.5. The highest BCUT2D eigenvalue weighted by Gasteiger charge is 2.23. The van der Waals surface area contributed by atoms with Crippen LogP contribution in [0, 0.1) is 0 Å². The maximum atomic E-state index is 12.5. The van der Waals surface area contributed by atoms with Gasteiger partial charge < -0.3 is 15.6 Å². The van der Waals surface area contributed by atoms with Crippen LogP contribution in [0.4, 0.5) is 5.69 Å². The Balaban J connectivity index is 1.65. The molecular formula is C19H18N4O2. The van der Waals surface area contributed by atoms with Gasteiger partial charge in [0.25, 0.3) is 5.56 Å². The van der Waals surface area contributed by atoms with Crippen molar-refractivity contribution < 1.29 is 4.79 Å². The van der Waals surface area contributed by atoms with Gasteiger partial charge in [-0.3, -0.25) is 9.59 Å². The minimum Gasteiger partial charge on any atom is -0.376 e. The third-order valence-electron chi connectivity index (χ3n) is 4.16. The van der Waals surface area contributed by atoms with Crippen molar-refractivity contribution in [3.05, 3.63) is 58.9 Å². The number of aromatic amines is 1. The second-order valence-corrected chi connectivity index (χ2v) is 6.17. The maximum Gasteiger partial charge on any atom is 0.275 e. The number of hydrogen-bond donors (Lipinski definition) is 3. The summed E-state index contributed by atoms with van der Waals surface area (Å²) >= 11 is 0. The summed E-state index contributed by atoms with van der Waals surface area (Å²) in [6, 6.07) is 15.1. The van der Waals surface area contributed by atoms with Crippen LogP contribution in [0.5, 0.6) is 0 Å². The highest BCUT2D eigenvalue weighted by atomic mass is 16.2. The van der Waals surface area contributed by atoms with Gasteiger partial charge in [-0.15, -0.1) is 0 Å². The van der Waals surface area contributed by atoms with Crippen molar-refractivity contribution in [1.29, 1.82) is 0 Å². The van der Waals surface area contributed by atoms with Crippen LogP contribution in [0.15, 0.2) is 53.3 Å². The molecule has 0 spiro atoms. The predicted octanol–water partition coefficient (Wildman–Crippen LogP) is 2.28. The Morgan fingerprint density at radius 1 is 1.12 bits per heavy atom. The fraction of sp³-hybridized carbons (Fsp3) is 0.211. The highest BCUT2D eigenvalue weighted by molar-refractivity contribution is 5.85. The van der Waals surface area contributed by atoms with Crippen molar-refractivity contribution in [2.45, 2.75) is 18.9 Å². The molecule has 1 saturated carbocycles. The molecule has 0 radical (unpaired) electrons. The van der Waals surface area contributed by atoms with Crippen molar-refractivity contribution in [2.24, 2.45) is 0 Å². The molecule has 1 aliphatic rings. The van der Waals surface area contributed by atoms with Crippen molar-refractivity contribution in [2.75, 3.05) is 11.9 Å². The van der Waals surface area contributed by atoms with Gasteiger partial charge in [-0.25, -0.2) is 4.98 Å². The van der Waals surface area contributed by atoms with Crippen LogP contribution in [0.3, 0.4) is 0 Å². The first-order valence-electron chi connectivity index (χ1n) is 8.32. The second-order valence-electron chi connectivity index (χ2n) is 6.17. The number of H-pyrrole nitrogens is 1. The first kappa shape index (κ1) is 15.4. The number of nitrogens with one attached hydrogen (secondary N) is 3. The zero-order valence-electron chi connectivity index (χ0n) is 13.6. The van der Waals surface area contributed by atoms with Crippen LogP contribution in [-0.4, -0.2) is 28.5 Å². The highest BCUT2D eigenvalue weighted by Crippen LogP contribution is 2.25. The Kier molecular flexibility index (Phi) is 3.93. The second kappa shape index (κ2) is 6.39. The Labute approximate surface area is 144 Å². The van der Waals surface area contributed by atoms with Gasteiger partial charge >= 0.3 is 0 Å². The van der Waals surface area contributed by atoms with Crippen LogP contribution in [0.25, 0.3) is 22.3 Å². The van der Waals surface area contributed by atoms with E-state index >= 15 is 0 Å². The van der Waals surface area contributed by atoms with Crippen LogP contribution in [0.1, 0.15) is 12.8 Å². The average Bonchev–Trinajstić information content (AvgIpc) is 3.43. The van der Waals surface area contributed by atoms with Crippen LogP contribution in [-0.2, 0) is 4.79 Å². The molecule has 3 aromatic rings. The number of carbonyl (C=O) groups is 1. The molecule has 4 rings (SSSR count). The topological polar surface area (TPSA) is 86.9 Å². The molecule has 2 aromatic carbocycles. The number of carbonyl (C=O) groups excluding carboxylic acids is 1. The molecular weight excluding hydrogens is 316 g/mol. The van der Waals surface area contributed by atoms with Crippen LogP contribution >= 0.6 is 0 Å². The predicted molar refractivity (Wildman–Crippen MR) is 97.5 cm³/mol. The van der Waals surface area contributed by atoms with Gasteiger partial charge in [0.2, 0.25) is 5.91 Å². The zero-order chi connectivity index (χ0) is 17.2. The Hall–Kier alpha value is -3.15. The third kappa shape index (κ3) is 3.38. The number of para-hydroxylation sites is 3. The molecule has 0 saturated heterocycles. The number of amides is 1. The smallest absolute Gasteiger partial charge is 0.275 e. The van der Waals surface area contributed by atoms with Gasteiger partial charge in [0.1, 0.15) is 5.69 Å². The summed E-state index contributed by atoms with van der Waals surface area (Å²) in [6.45, 7) is 0.166. The molecule has 1 amide bonds. The lowest BCUT2D eigenvalue weighted by atomic mass is 10.1. The van der Waals surface area contributed by atoms with Crippen LogP contribution in [0.2, 0.25) is 0 Å². The molecule has 126 valence electrons. The molecule has 6 heteroatoms. The van der Waals surface area contributed by atoms with Crippen molar-refractivity contribution in [1.82, 2.24) is 15.3 Å². The van der Waals surface area contributed by atoms with Crippen molar-refractivity contribution in [3.8, 4) is 11.3 Å². The number of fused-ring (bicyclic) bond motifs is 1. The number of anilines is 1. The Bertz CT molecular complexity index is 992. The van der Waals surface area contributed by atoms with Gasteiger partial charge in [-0.2, -0.15) is 0 Å². The van der Waals surface area contributed by atoms with E-state index in [1.807, 2.05) is 48.5 Å². The summed E-state index contributed by atoms with van der Waals surface area (Å²) in [6.07, 6.45) is 2.11.